The van der Waals surface area contributed by atoms with Gasteiger partial charge in [0, 0.05) is 25.6 Å². The Morgan fingerprint density at radius 3 is 2.52 bits per heavy atom. The molecule has 0 fully saturated rings. The minimum absolute atomic E-state index is 0.0818. The lowest BCUT2D eigenvalue weighted by Crippen LogP contribution is -2.40. The summed E-state index contributed by atoms with van der Waals surface area (Å²) in [5.74, 6) is 0.0818. The van der Waals surface area contributed by atoms with Crippen molar-refractivity contribution in [1.29, 1.82) is 0 Å². The van der Waals surface area contributed by atoms with E-state index in [1.54, 1.807) is 19.1 Å². The van der Waals surface area contributed by atoms with Crippen LogP contribution >= 0.6 is 0 Å². The van der Waals surface area contributed by atoms with Crippen LogP contribution in [0.4, 0.5) is 26.7 Å². The summed E-state index contributed by atoms with van der Waals surface area (Å²) in [5, 5.41) is 8.66. The number of nitrogens with zero attached hydrogens (tertiary/aromatic N) is 1. The first-order valence-corrected chi connectivity index (χ1v) is 9.15. The molecule has 0 bridgehead atoms. The zero-order valence-electron chi connectivity index (χ0n) is 17.1. The molecule has 0 aliphatic rings. The molecule has 0 aromatic carbocycles. The maximum absolute atomic E-state index is 12.4. The summed E-state index contributed by atoms with van der Waals surface area (Å²) in [7, 11) is 0. The number of hydrogen-bond acceptors (Lipinski definition) is 6. The van der Waals surface area contributed by atoms with Crippen molar-refractivity contribution < 1.29 is 36.2 Å². The SMILES string of the molecule is C=C/C=C(\C/C=C\CNCC(C)NC(=O)OCCN/N=C(\C=C)C(F)(F)F)OC(F)F. The van der Waals surface area contributed by atoms with Crippen LogP contribution in [0, 0.1) is 0 Å². The number of amides is 1. The number of allylic oxidation sites excluding steroid dienone is 4. The number of ether oxygens (including phenoxy) is 2. The fourth-order valence-corrected chi connectivity index (χ4v) is 1.92. The van der Waals surface area contributed by atoms with Crippen LogP contribution in [0.2, 0.25) is 0 Å². The predicted molar refractivity (Wildman–Crippen MR) is 108 cm³/mol. The highest BCUT2D eigenvalue weighted by molar-refractivity contribution is 5.98. The van der Waals surface area contributed by atoms with Crippen LogP contribution in [-0.2, 0) is 9.47 Å². The van der Waals surface area contributed by atoms with E-state index in [2.05, 4.69) is 39.1 Å². The van der Waals surface area contributed by atoms with Gasteiger partial charge in [-0.05, 0) is 19.1 Å². The standard InChI is InChI=1S/C19H27F5N4O3/c1-4-8-15(31-17(20)21)9-6-7-10-25-13-14(3)27-18(29)30-12-11-26-28-16(5-2)19(22,23)24/h4-8,14,17,25-26H,1-2,9-13H2,3H3,(H,27,29)/b7-6-,15-8+,28-16+. The highest BCUT2D eigenvalue weighted by Crippen LogP contribution is 2.17. The van der Waals surface area contributed by atoms with Crippen molar-refractivity contribution in [2.75, 3.05) is 26.2 Å². The van der Waals surface area contributed by atoms with Crippen molar-refractivity contribution >= 4 is 11.8 Å². The lowest BCUT2D eigenvalue weighted by Gasteiger charge is -2.14. The van der Waals surface area contributed by atoms with Crippen LogP contribution in [0.1, 0.15) is 13.3 Å². The molecule has 0 aromatic heterocycles. The third kappa shape index (κ3) is 15.6. The minimum Gasteiger partial charge on any atom is -0.448 e. The molecular formula is C19H27F5N4O3. The summed E-state index contributed by atoms with van der Waals surface area (Å²) in [6.07, 6.45) is 1.43. The monoisotopic (exact) mass is 454 g/mol. The van der Waals surface area contributed by atoms with Gasteiger partial charge in [0.2, 0.25) is 0 Å². The summed E-state index contributed by atoms with van der Waals surface area (Å²) >= 11 is 0. The Morgan fingerprint density at radius 1 is 1.23 bits per heavy atom. The second-order valence-corrected chi connectivity index (χ2v) is 5.87. The lowest BCUT2D eigenvalue weighted by atomic mass is 10.3. The van der Waals surface area contributed by atoms with Crippen molar-refractivity contribution in [2.24, 2.45) is 5.10 Å². The number of carbonyl (C=O) groups is 1. The Bertz CT molecular complexity index is 649. The van der Waals surface area contributed by atoms with Crippen LogP contribution in [0.5, 0.6) is 0 Å². The van der Waals surface area contributed by atoms with E-state index in [1.165, 1.54) is 12.2 Å². The van der Waals surface area contributed by atoms with Gasteiger partial charge in [0.15, 0.2) is 5.71 Å². The van der Waals surface area contributed by atoms with Gasteiger partial charge in [-0.15, -0.1) is 0 Å². The van der Waals surface area contributed by atoms with E-state index in [9.17, 15) is 26.7 Å². The number of hydrogen-bond donors (Lipinski definition) is 3. The van der Waals surface area contributed by atoms with Crippen LogP contribution in [-0.4, -0.2) is 56.9 Å². The molecule has 0 spiro atoms. The molecule has 1 atom stereocenters. The molecule has 31 heavy (non-hydrogen) atoms. The fourth-order valence-electron chi connectivity index (χ4n) is 1.92. The molecule has 0 saturated heterocycles. The maximum Gasteiger partial charge on any atom is 0.435 e. The van der Waals surface area contributed by atoms with Crippen molar-refractivity contribution in [2.45, 2.75) is 32.2 Å². The van der Waals surface area contributed by atoms with E-state index in [4.69, 9.17) is 4.74 Å². The van der Waals surface area contributed by atoms with E-state index < -0.39 is 24.6 Å². The number of rotatable bonds is 15. The number of carbonyl (C=O) groups excluding carboxylic acids is 1. The summed E-state index contributed by atoms with van der Waals surface area (Å²) < 4.78 is 70.7. The maximum atomic E-state index is 12.4. The Morgan fingerprint density at radius 2 is 1.94 bits per heavy atom. The molecule has 1 unspecified atom stereocenters. The molecule has 7 nitrogen and oxygen atoms in total. The van der Waals surface area contributed by atoms with Gasteiger partial charge in [-0.3, -0.25) is 0 Å². The summed E-state index contributed by atoms with van der Waals surface area (Å²) in [6.45, 7) is 5.74. The first-order valence-electron chi connectivity index (χ1n) is 9.15. The average molecular weight is 454 g/mol. The molecule has 0 radical (unpaired) electrons. The van der Waals surface area contributed by atoms with E-state index in [0.29, 0.717) is 19.2 Å². The van der Waals surface area contributed by atoms with Gasteiger partial charge in [-0.2, -0.15) is 27.1 Å². The molecule has 3 N–H and O–H groups in total. The minimum atomic E-state index is -4.62. The third-order valence-electron chi connectivity index (χ3n) is 3.24. The predicted octanol–water partition coefficient (Wildman–Crippen LogP) is 3.64. The third-order valence-corrected chi connectivity index (χ3v) is 3.24. The number of hydrazone groups is 1. The number of alkyl carbamates (subject to hydrolysis) is 1. The number of halogens is 5. The lowest BCUT2D eigenvalue weighted by molar-refractivity contribution is -0.0971. The molecular weight excluding hydrogens is 427 g/mol. The quantitative estimate of drug-likeness (QED) is 0.0670. The zero-order valence-corrected chi connectivity index (χ0v) is 17.1. The van der Waals surface area contributed by atoms with Gasteiger partial charge < -0.3 is 25.5 Å². The van der Waals surface area contributed by atoms with Crippen LogP contribution in [0.25, 0.3) is 0 Å². The highest BCUT2D eigenvalue weighted by atomic mass is 19.4. The van der Waals surface area contributed by atoms with Gasteiger partial charge in [-0.1, -0.05) is 31.4 Å². The number of nitrogens with one attached hydrogen (secondary N) is 3. The topological polar surface area (TPSA) is 84.0 Å². The zero-order chi connectivity index (χ0) is 23.7. The normalized spacial score (nSPS) is 13.8. The van der Waals surface area contributed by atoms with Crippen LogP contribution < -0.4 is 16.1 Å². The number of alkyl halides is 5. The fraction of sp³-hybridized carbons (Fsp3) is 0.474. The smallest absolute Gasteiger partial charge is 0.435 e. The van der Waals surface area contributed by atoms with Crippen LogP contribution in [0.3, 0.4) is 0 Å². The van der Waals surface area contributed by atoms with Gasteiger partial charge >= 0.3 is 18.9 Å². The second kappa shape index (κ2) is 15.9. The summed E-state index contributed by atoms with van der Waals surface area (Å²) in [5.41, 5.74) is 0.963. The molecule has 0 aromatic rings. The highest BCUT2D eigenvalue weighted by Gasteiger charge is 2.33. The first-order chi connectivity index (χ1) is 14.6. The van der Waals surface area contributed by atoms with Crippen LogP contribution in [0.15, 0.2) is 54.4 Å². The molecule has 1 amide bonds. The summed E-state index contributed by atoms with van der Waals surface area (Å²) in [4.78, 5) is 11.6. The molecule has 0 heterocycles. The molecule has 12 heteroatoms. The molecule has 0 aliphatic carbocycles. The van der Waals surface area contributed by atoms with Crippen molar-refractivity contribution in [3.05, 3.63) is 49.3 Å². The van der Waals surface area contributed by atoms with Crippen molar-refractivity contribution in [1.82, 2.24) is 16.1 Å². The van der Waals surface area contributed by atoms with Gasteiger partial charge in [-0.25, -0.2) is 4.79 Å². The van der Waals surface area contributed by atoms with E-state index in [-0.39, 0.29) is 31.4 Å². The molecule has 0 rings (SSSR count). The first kappa shape index (κ1) is 28.1. The van der Waals surface area contributed by atoms with E-state index in [0.717, 1.165) is 0 Å². The largest absolute Gasteiger partial charge is 0.448 e. The second-order valence-electron chi connectivity index (χ2n) is 5.87. The Hall–Kier alpha value is -2.89. The molecule has 176 valence electrons. The molecule has 0 saturated carbocycles. The van der Waals surface area contributed by atoms with Gasteiger partial charge in [0.05, 0.1) is 6.54 Å². The van der Waals surface area contributed by atoms with Gasteiger partial charge in [0.25, 0.3) is 0 Å². The Balaban J connectivity index is 4.00. The van der Waals surface area contributed by atoms with Crippen molar-refractivity contribution in [3.63, 3.8) is 0 Å². The average Bonchev–Trinajstić information content (AvgIpc) is 2.65. The molecule has 0 aliphatic heterocycles. The van der Waals surface area contributed by atoms with Gasteiger partial charge in [0.1, 0.15) is 12.4 Å². The van der Waals surface area contributed by atoms with Crippen molar-refractivity contribution in [3.8, 4) is 0 Å². The van der Waals surface area contributed by atoms with E-state index >= 15 is 0 Å². The Labute approximate surface area is 177 Å². The Kier molecular flexibility index (Phi) is 14.4. The summed E-state index contributed by atoms with van der Waals surface area (Å²) in [6, 6.07) is -0.303. The van der Waals surface area contributed by atoms with E-state index in [1.807, 2.05) is 0 Å².